The SMILES string of the molecule is N#CCCSc1ccccc1NC(=O)C=Cc1cccc([N+](=O)[O-])c1. The fourth-order valence-electron chi connectivity index (χ4n) is 1.99. The van der Waals surface area contributed by atoms with Crippen LogP contribution in [0.5, 0.6) is 0 Å². The van der Waals surface area contributed by atoms with E-state index in [1.807, 2.05) is 18.2 Å². The zero-order chi connectivity index (χ0) is 18.1. The van der Waals surface area contributed by atoms with Crippen LogP contribution in [0.25, 0.3) is 6.08 Å². The number of nitriles is 1. The van der Waals surface area contributed by atoms with E-state index in [0.29, 0.717) is 23.4 Å². The van der Waals surface area contributed by atoms with Gasteiger partial charge in [0.05, 0.1) is 16.7 Å². The second kappa shape index (κ2) is 9.25. The predicted octanol–water partition coefficient (Wildman–Crippen LogP) is 4.25. The Balaban J connectivity index is 2.04. The highest BCUT2D eigenvalue weighted by atomic mass is 32.2. The maximum absolute atomic E-state index is 12.1. The molecule has 2 rings (SSSR count). The average molecular weight is 353 g/mol. The monoisotopic (exact) mass is 353 g/mol. The summed E-state index contributed by atoms with van der Waals surface area (Å²) in [7, 11) is 0. The van der Waals surface area contributed by atoms with Gasteiger partial charge in [0.1, 0.15) is 0 Å². The van der Waals surface area contributed by atoms with Gasteiger partial charge in [-0.15, -0.1) is 11.8 Å². The minimum atomic E-state index is -0.480. The molecule has 1 amide bonds. The molecule has 0 saturated carbocycles. The molecule has 126 valence electrons. The van der Waals surface area contributed by atoms with Crippen molar-refractivity contribution in [1.29, 1.82) is 5.26 Å². The molecule has 2 aromatic rings. The lowest BCUT2D eigenvalue weighted by Gasteiger charge is -2.08. The summed E-state index contributed by atoms with van der Waals surface area (Å²) >= 11 is 1.50. The van der Waals surface area contributed by atoms with Crippen LogP contribution in [0.2, 0.25) is 0 Å². The van der Waals surface area contributed by atoms with E-state index in [0.717, 1.165) is 4.90 Å². The number of carbonyl (C=O) groups is 1. The third kappa shape index (κ3) is 5.79. The fraction of sp³-hybridized carbons (Fsp3) is 0.111. The van der Waals surface area contributed by atoms with Gasteiger partial charge < -0.3 is 5.32 Å². The summed E-state index contributed by atoms with van der Waals surface area (Å²) < 4.78 is 0. The Morgan fingerprint density at radius 2 is 2.08 bits per heavy atom. The normalized spacial score (nSPS) is 10.4. The minimum absolute atomic E-state index is 0.0261. The summed E-state index contributed by atoms with van der Waals surface area (Å²) in [6, 6.07) is 15.5. The molecular formula is C18H15N3O3S. The Kier molecular flexibility index (Phi) is 6.75. The van der Waals surface area contributed by atoms with Gasteiger partial charge in [0, 0.05) is 35.3 Å². The highest BCUT2D eigenvalue weighted by Crippen LogP contribution is 2.27. The average Bonchev–Trinajstić information content (AvgIpc) is 2.62. The highest BCUT2D eigenvalue weighted by Gasteiger charge is 2.06. The molecule has 0 saturated heterocycles. The molecule has 0 heterocycles. The molecule has 0 aliphatic carbocycles. The largest absolute Gasteiger partial charge is 0.321 e. The number of para-hydroxylation sites is 1. The first-order valence-corrected chi connectivity index (χ1v) is 8.41. The van der Waals surface area contributed by atoms with Crippen LogP contribution in [-0.2, 0) is 4.79 Å². The van der Waals surface area contributed by atoms with Crippen LogP contribution in [0.4, 0.5) is 11.4 Å². The number of nitro benzene ring substituents is 1. The van der Waals surface area contributed by atoms with Gasteiger partial charge in [0.2, 0.25) is 5.91 Å². The Morgan fingerprint density at radius 3 is 2.84 bits per heavy atom. The number of amides is 1. The number of hydrogen-bond donors (Lipinski definition) is 1. The van der Waals surface area contributed by atoms with E-state index in [1.165, 1.54) is 36.0 Å². The molecule has 6 nitrogen and oxygen atoms in total. The molecule has 7 heteroatoms. The molecule has 25 heavy (non-hydrogen) atoms. The molecule has 0 aliphatic rings. The molecular weight excluding hydrogens is 338 g/mol. The van der Waals surface area contributed by atoms with E-state index in [1.54, 1.807) is 18.2 Å². The number of benzene rings is 2. The van der Waals surface area contributed by atoms with Gasteiger partial charge in [-0.3, -0.25) is 14.9 Å². The molecule has 2 aromatic carbocycles. The van der Waals surface area contributed by atoms with Gasteiger partial charge in [0.15, 0.2) is 0 Å². The van der Waals surface area contributed by atoms with Crippen molar-refractivity contribution >= 4 is 35.1 Å². The predicted molar refractivity (Wildman–Crippen MR) is 98.2 cm³/mol. The Bertz CT molecular complexity index is 843. The Labute approximate surface area is 149 Å². The van der Waals surface area contributed by atoms with Gasteiger partial charge in [-0.2, -0.15) is 5.26 Å². The molecule has 0 radical (unpaired) electrons. The van der Waals surface area contributed by atoms with Crippen molar-refractivity contribution in [3.63, 3.8) is 0 Å². The zero-order valence-corrected chi connectivity index (χ0v) is 14.0. The molecule has 0 fully saturated rings. The van der Waals surface area contributed by atoms with Crippen LogP contribution < -0.4 is 5.32 Å². The van der Waals surface area contributed by atoms with E-state index in [2.05, 4.69) is 11.4 Å². The smallest absolute Gasteiger partial charge is 0.270 e. The van der Waals surface area contributed by atoms with Crippen molar-refractivity contribution in [1.82, 2.24) is 0 Å². The molecule has 0 spiro atoms. The first kappa shape index (κ1) is 18.2. The topological polar surface area (TPSA) is 96.0 Å². The first-order chi connectivity index (χ1) is 12.1. The van der Waals surface area contributed by atoms with Gasteiger partial charge in [-0.25, -0.2) is 0 Å². The molecule has 0 atom stereocenters. The van der Waals surface area contributed by atoms with E-state index >= 15 is 0 Å². The third-order valence-corrected chi connectivity index (χ3v) is 4.20. The fourth-order valence-corrected chi connectivity index (χ4v) is 2.85. The van der Waals surface area contributed by atoms with Crippen LogP contribution in [0, 0.1) is 21.4 Å². The number of nitrogens with one attached hydrogen (secondary N) is 1. The van der Waals surface area contributed by atoms with Crippen molar-refractivity contribution in [3.05, 3.63) is 70.3 Å². The summed E-state index contributed by atoms with van der Waals surface area (Å²) in [5, 5.41) is 22.1. The molecule has 0 aliphatic heterocycles. The molecule has 0 aromatic heterocycles. The van der Waals surface area contributed by atoms with E-state index in [4.69, 9.17) is 5.26 Å². The number of non-ortho nitro benzene ring substituents is 1. The van der Waals surface area contributed by atoms with Crippen molar-refractivity contribution in [2.75, 3.05) is 11.1 Å². The van der Waals surface area contributed by atoms with Gasteiger partial charge in [0.25, 0.3) is 5.69 Å². The summed E-state index contributed by atoms with van der Waals surface area (Å²) in [5.41, 5.74) is 1.21. The lowest BCUT2D eigenvalue weighted by Crippen LogP contribution is -2.08. The van der Waals surface area contributed by atoms with Gasteiger partial charge in [-0.05, 0) is 23.8 Å². The van der Waals surface area contributed by atoms with Crippen molar-refractivity contribution in [2.45, 2.75) is 11.3 Å². The van der Waals surface area contributed by atoms with Crippen LogP contribution in [0.3, 0.4) is 0 Å². The Morgan fingerprint density at radius 1 is 1.28 bits per heavy atom. The van der Waals surface area contributed by atoms with Crippen LogP contribution >= 0.6 is 11.8 Å². The van der Waals surface area contributed by atoms with E-state index in [9.17, 15) is 14.9 Å². The summed E-state index contributed by atoms with van der Waals surface area (Å²) in [5.74, 6) is 0.312. The van der Waals surface area contributed by atoms with Crippen LogP contribution in [-0.4, -0.2) is 16.6 Å². The van der Waals surface area contributed by atoms with Gasteiger partial charge >= 0.3 is 0 Å². The third-order valence-electron chi connectivity index (χ3n) is 3.12. The quantitative estimate of drug-likeness (QED) is 0.264. The van der Waals surface area contributed by atoms with Crippen molar-refractivity contribution < 1.29 is 9.72 Å². The summed E-state index contributed by atoms with van der Waals surface area (Å²) in [4.78, 5) is 23.3. The van der Waals surface area contributed by atoms with Gasteiger partial charge in [-0.1, -0.05) is 24.3 Å². The lowest BCUT2D eigenvalue weighted by atomic mass is 10.2. The van der Waals surface area contributed by atoms with E-state index < -0.39 is 4.92 Å². The maximum Gasteiger partial charge on any atom is 0.270 e. The first-order valence-electron chi connectivity index (χ1n) is 7.42. The number of anilines is 1. The number of nitro groups is 1. The minimum Gasteiger partial charge on any atom is -0.321 e. The maximum atomic E-state index is 12.1. The van der Waals surface area contributed by atoms with Crippen molar-refractivity contribution in [2.24, 2.45) is 0 Å². The highest BCUT2D eigenvalue weighted by molar-refractivity contribution is 7.99. The van der Waals surface area contributed by atoms with Crippen LogP contribution in [0.15, 0.2) is 59.5 Å². The summed E-state index contributed by atoms with van der Waals surface area (Å²) in [6.45, 7) is 0. The second-order valence-electron chi connectivity index (χ2n) is 4.93. The number of rotatable bonds is 7. The molecule has 1 N–H and O–H groups in total. The summed E-state index contributed by atoms with van der Waals surface area (Å²) in [6.07, 6.45) is 3.28. The molecule has 0 unspecified atom stereocenters. The van der Waals surface area contributed by atoms with Crippen LogP contribution in [0.1, 0.15) is 12.0 Å². The standard InChI is InChI=1S/C18H15N3O3S/c19-11-4-12-25-17-8-2-1-7-16(17)20-18(22)10-9-14-5-3-6-15(13-14)21(23)24/h1-3,5-10,13H,4,12H2,(H,20,22). The number of carbonyl (C=O) groups excluding carboxylic acids is 1. The van der Waals surface area contributed by atoms with E-state index in [-0.39, 0.29) is 11.6 Å². The lowest BCUT2D eigenvalue weighted by molar-refractivity contribution is -0.384. The number of hydrogen-bond acceptors (Lipinski definition) is 5. The van der Waals surface area contributed by atoms with Crippen molar-refractivity contribution in [3.8, 4) is 6.07 Å². The number of nitrogens with zero attached hydrogens (tertiary/aromatic N) is 2. The Hall–Kier alpha value is -3.11. The second-order valence-corrected chi connectivity index (χ2v) is 6.06. The number of thioether (sulfide) groups is 1. The zero-order valence-electron chi connectivity index (χ0n) is 13.2. The molecule has 0 bridgehead atoms.